The van der Waals surface area contributed by atoms with E-state index in [2.05, 4.69) is 0 Å². The molecule has 1 heterocycles. The van der Waals surface area contributed by atoms with Crippen LogP contribution >= 0.6 is 0 Å². The minimum atomic E-state index is -0.742. The molecule has 4 nitrogen and oxygen atoms in total. The lowest BCUT2D eigenvalue weighted by Crippen LogP contribution is -2.46. The standard InChI is InChI=1S/C13H16FNO3/c1-8-4-5-15(7-12(8)17)13(18)10-3-2-9(16)6-11(10)14/h2-3,6,8,12,16-17H,4-5,7H2,1H3. The van der Waals surface area contributed by atoms with Crippen molar-refractivity contribution in [3.63, 3.8) is 0 Å². The van der Waals surface area contributed by atoms with E-state index in [9.17, 15) is 14.3 Å². The average molecular weight is 253 g/mol. The first-order valence-corrected chi connectivity index (χ1v) is 5.95. The largest absolute Gasteiger partial charge is 0.508 e. The number of benzene rings is 1. The zero-order valence-electron chi connectivity index (χ0n) is 10.1. The van der Waals surface area contributed by atoms with Crippen molar-refractivity contribution >= 4 is 5.91 Å². The van der Waals surface area contributed by atoms with Crippen molar-refractivity contribution in [1.29, 1.82) is 0 Å². The van der Waals surface area contributed by atoms with E-state index < -0.39 is 17.8 Å². The highest BCUT2D eigenvalue weighted by molar-refractivity contribution is 5.94. The molecule has 1 aromatic carbocycles. The topological polar surface area (TPSA) is 60.8 Å². The number of likely N-dealkylation sites (tertiary alicyclic amines) is 1. The van der Waals surface area contributed by atoms with Crippen LogP contribution in [0.5, 0.6) is 5.75 Å². The van der Waals surface area contributed by atoms with E-state index in [1.807, 2.05) is 6.92 Å². The summed E-state index contributed by atoms with van der Waals surface area (Å²) >= 11 is 0. The lowest BCUT2D eigenvalue weighted by Gasteiger charge is -2.34. The Balaban J connectivity index is 2.16. The van der Waals surface area contributed by atoms with Crippen LogP contribution in [0.1, 0.15) is 23.7 Å². The summed E-state index contributed by atoms with van der Waals surface area (Å²) in [5.74, 6) is -1.25. The Morgan fingerprint density at radius 1 is 1.50 bits per heavy atom. The molecule has 5 heteroatoms. The second kappa shape index (κ2) is 4.94. The molecule has 18 heavy (non-hydrogen) atoms. The molecule has 2 rings (SSSR count). The third-order valence-electron chi connectivity index (χ3n) is 3.39. The van der Waals surface area contributed by atoms with Gasteiger partial charge >= 0.3 is 0 Å². The monoisotopic (exact) mass is 253 g/mol. The predicted octanol–water partition coefficient (Wildman–Crippen LogP) is 1.37. The van der Waals surface area contributed by atoms with E-state index in [0.29, 0.717) is 13.0 Å². The van der Waals surface area contributed by atoms with Crippen LogP contribution in [0, 0.1) is 11.7 Å². The van der Waals surface area contributed by atoms with Gasteiger partial charge in [0.15, 0.2) is 0 Å². The van der Waals surface area contributed by atoms with Gasteiger partial charge in [-0.15, -0.1) is 0 Å². The molecule has 2 N–H and O–H groups in total. The quantitative estimate of drug-likeness (QED) is 0.794. The number of phenolic OH excluding ortho intramolecular Hbond substituents is 1. The number of aliphatic hydroxyl groups excluding tert-OH is 1. The molecule has 0 spiro atoms. The summed E-state index contributed by atoms with van der Waals surface area (Å²) in [6, 6.07) is 3.45. The van der Waals surface area contributed by atoms with Gasteiger partial charge in [0.25, 0.3) is 5.91 Å². The van der Waals surface area contributed by atoms with Crippen molar-refractivity contribution in [2.24, 2.45) is 5.92 Å². The van der Waals surface area contributed by atoms with Crippen molar-refractivity contribution in [3.8, 4) is 5.75 Å². The summed E-state index contributed by atoms with van der Waals surface area (Å²) in [6.07, 6.45) is 0.134. The van der Waals surface area contributed by atoms with Gasteiger partial charge in [0.1, 0.15) is 11.6 Å². The maximum absolute atomic E-state index is 13.6. The highest BCUT2D eigenvalue weighted by Gasteiger charge is 2.28. The van der Waals surface area contributed by atoms with Crippen LogP contribution in [0.15, 0.2) is 18.2 Å². The Morgan fingerprint density at radius 2 is 2.22 bits per heavy atom. The van der Waals surface area contributed by atoms with Crippen LogP contribution in [0.25, 0.3) is 0 Å². The van der Waals surface area contributed by atoms with Crippen molar-refractivity contribution in [1.82, 2.24) is 4.90 Å². The number of aliphatic hydroxyl groups is 1. The SMILES string of the molecule is CC1CCN(C(=O)c2ccc(O)cc2F)CC1O. The van der Waals surface area contributed by atoms with Crippen LogP contribution in [0.4, 0.5) is 4.39 Å². The molecule has 1 aromatic rings. The summed E-state index contributed by atoms with van der Waals surface area (Å²) in [5.41, 5.74) is -0.0745. The number of halogens is 1. The van der Waals surface area contributed by atoms with E-state index in [0.717, 1.165) is 6.07 Å². The maximum atomic E-state index is 13.6. The lowest BCUT2D eigenvalue weighted by atomic mass is 9.95. The van der Waals surface area contributed by atoms with Crippen molar-refractivity contribution in [3.05, 3.63) is 29.6 Å². The molecule has 0 bridgehead atoms. The summed E-state index contributed by atoms with van der Waals surface area (Å²) < 4.78 is 13.6. The molecule has 0 radical (unpaired) electrons. The van der Waals surface area contributed by atoms with Crippen LogP contribution < -0.4 is 0 Å². The first-order valence-electron chi connectivity index (χ1n) is 5.95. The number of nitrogens with zero attached hydrogens (tertiary/aromatic N) is 1. The molecule has 1 aliphatic heterocycles. The van der Waals surface area contributed by atoms with Crippen LogP contribution in [0.2, 0.25) is 0 Å². The first kappa shape index (κ1) is 12.8. The maximum Gasteiger partial charge on any atom is 0.256 e. The number of β-amino-alcohol motifs (C(OH)–C–C–N with tert-alkyl or cyclic N) is 1. The molecular formula is C13H16FNO3. The Hall–Kier alpha value is -1.62. The number of aromatic hydroxyl groups is 1. The summed E-state index contributed by atoms with van der Waals surface area (Å²) in [6.45, 7) is 2.66. The number of carbonyl (C=O) groups excluding carboxylic acids is 1. The van der Waals surface area contributed by atoms with Gasteiger partial charge in [-0.3, -0.25) is 4.79 Å². The molecule has 0 aromatic heterocycles. The number of piperidine rings is 1. The van der Waals surface area contributed by atoms with Gasteiger partial charge in [0.05, 0.1) is 11.7 Å². The van der Waals surface area contributed by atoms with E-state index >= 15 is 0 Å². The molecule has 1 amide bonds. The number of amides is 1. The zero-order chi connectivity index (χ0) is 13.3. The summed E-state index contributed by atoms with van der Waals surface area (Å²) in [7, 11) is 0. The van der Waals surface area contributed by atoms with Gasteiger partial charge in [-0.05, 0) is 24.5 Å². The van der Waals surface area contributed by atoms with Crippen molar-refractivity contribution in [2.45, 2.75) is 19.4 Å². The van der Waals surface area contributed by atoms with Crippen LogP contribution in [-0.2, 0) is 0 Å². The molecule has 98 valence electrons. The van der Waals surface area contributed by atoms with Gasteiger partial charge in [-0.2, -0.15) is 0 Å². The molecule has 2 unspecified atom stereocenters. The van der Waals surface area contributed by atoms with Gasteiger partial charge in [0.2, 0.25) is 0 Å². The Labute approximate surface area is 105 Å². The van der Waals surface area contributed by atoms with Gasteiger partial charge in [-0.1, -0.05) is 6.92 Å². The van der Waals surface area contributed by atoms with E-state index in [-0.39, 0.29) is 23.8 Å². The average Bonchev–Trinajstić information content (AvgIpc) is 2.32. The molecule has 0 aliphatic carbocycles. The van der Waals surface area contributed by atoms with E-state index in [1.54, 1.807) is 0 Å². The molecular weight excluding hydrogens is 237 g/mol. The fourth-order valence-electron chi connectivity index (χ4n) is 2.08. The predicted molar refractivity (Wildman–Crippen MR) is 63.8 cm³/mol. The van der Waals surface area contributed by atoms with Gasteiger partial charge < -0.3 is 15.1 Å². The fourth-order valence-corrected chi connectivity index (χ4v) is 2.08. The Morgan fingerprint density at radius 3 is 2.83 bits per heavy atom. The number of rotatable bonds is 1. The zero-order valence-corrected chi connectivity index (χ0v) is 10.1. The Kier molecular flexibility index (Phi) is 3.52. The molecule has 1 aliphatic rings. The number of hydrogen-bond acceptors (Lipinski definition) is 3. The van der Waals surface area contributed by atoms with Crippen LogP contribution in [-0.4, -0.2) is 40.2 Å². The van der Waals surface area contributed by atoms with Crippen LogP contribution in [0.3, 0.4) is 0 Å². The third kappa shape index (κ3) is 2.46. The summed E-state index contributed by atoms with van der Waals surface area (Å²) in [5, 5.41) is 18.8. The highest BCUT2D eigenvalue weighted by atomic mass is 19.1. The smallest absolute Gasteiger partial charge is 0.256 e. The molecule has 2 atom stereocenters. The summed E-state index contributed by atoms with van der Waals surface area (Å²) in [4.78, 5) is 13.5. The second-order valence-electron chi connectivity index (χ2n) is 4.75. The second-order valence-corrected chi connectivity index (χ2v) is 4.75. The minimum Gasteiger partial charge on any atom is -0.508 e. The Bertz CT molecular complexity index is 464. The van der Waals surface area contributed by atoms with Crippen molar-refractivity contribution < 1.29 is 19.4 Å². The van der Waals surface area contributed by atoms with E-state index in [4.69, 9.17) is 5.11 Å². The van der Waals surface area contributed by atoms with Gasteiger partial charge in [-0.25, -0.2) is 4.39 Å². The number of phenols is 1. The normalized spacial score (nSPS) is 24.1. The van der Waals surface area contributed by atoms with E-state index in [1.165, 1.54) is 17.0 Å². The molecule has 0 saturated carbocycles. The third-order valence-corrected chi connectivity index (χ3v) is 3.39. The molecule has 1 fully saturated rings. The van der Waals surface area contributed by atoms with Crippen molar-refractivity contribution in [2.75, 3.05) is 13.1 Å². The first-order chi connectivity index (χ1) is 8.49. The lowest BCUT2D eigenvalue weighted by molar-refractivity contribution is 0.0246. The molecule has 1 saturated heterocycles. The number of hydrogen-bond donors (Lipinski definition) is 2. The number of carbonyl (C=O) groups is 1. The highest BCUT2D eigenvalue weighted by Crippen LogP contribution is 2.21. The minimum absolute atomic E-state index is 0.0745. The fraction of sp³-hybridized carbons (Fsp3) is 0.462. The van der Waals surface area contributed by atoms with Gasteiger partial charge in [0, 0.05) is 19.2 Å².